The fourth-order valence-electron chi connectivity index (χ4n) is 2.75. The standard InChI is InChI=1S/C19H18O7S/c1-2-7-27(24)16-10-12(25-6-5-20)9-14-17(21)13-8-11(19(22)23)3-4-15(13)26-18(14)16/h3-4,8-10,20H,2,5-7H2,1H3,(H,22,23). The second kappa shape index (κ2) is 7.99. The van der Waals surface area contributed by atoms with E-state index in [1.54, 1.807) is 6.07 Å². The Morgan fingerprint density at radius 2 is 2.04 bits per heavy atom. The molecular formula is C19H18O7S. The van der Waals surface area contributed by atoms with Crippen molar-refractivity contribution in [1.29, 1.82) is 0 Å². The molecule has 7 nitrogen and oxygen atoms in total. The lowest BCUT2D eigenvalue weighted by molar-refractivity contribution is 0.0697. The highest BCUT2D eigenvalue weighted by Crippen LogP contribution is 2.31. The number of carbonyl (C=O) groups is 1. The van der Waals surface area contributed by atoms with Crippen LogP contribution in [-0.2, 0) is 11.2 Å². The normalized spacial score (nSPS) is 12.4. The number of aromatic carboxylic acids is 1. The van der Waals surface area contributed by atoms with Crippen molar-refractivity contribution in [2.24, 2.45) is 0 Å². The zero-order valence-corrected chi connectivity index (χ0v) is 15.4. The SMILES string of the molecule is CCC[S+]([O-])c1cc(OCCO)cc2c(=O)c3cc(C(=O)O)ccc3oc12. The van der Waals surface area contributed by atoms with Crippen LogP contribution in [0.15, 0.2) is 44.4 Å². The molecule has 3 rings (SSSR count). The van der Waals surface area contributed by atoms with E-state index in [9.17, 15) is 14.1 Å². The minimum Gasteiger partial charge on any atom is -0.611 e. The van der Waals surface area contributed by atoms with E-state index in [1.165, 1.54) is 24.3 Å². The van der Waals surface area contributed by atoms with Gasteiger partial charge in [0.25, 0.3) is 0 Å². The molecule has 142 valence electrons. The van der Waals surface area contributed by atoms with E-state index in [2.05, 4.69) is 0 Å². The summed E-state index contributed by atoms with van der Waals surface area (Å²) in [5.41, 5.74) is -0.0508. The van der Waals surface area contributed by atoms with Crippen LogP contribution in [0.5, 0.6) is 5.75 Å². The first-order chi connectivity index (χ1) is 13.0. The van der Waals surface area contributed by atoms with Crippen molar-refractivity contribution in [3.63, 3.8) is 0 Å². The highest BCUT2D eigenvalue weighted by atomic mass is 32.2. The number of hydrogen-bond acceptors (Lipinski definition) is 6. The molecule has 0 radical (unpaired) electrons. The number of benzene rings is 2. The first-order valence-electron chi connectivity index (χ1n) is 8.36. The monoisotopic (exact) mass is 390 g/mol. The van der Waals surface area contributed by atoms with Crippen LogP contribution in [0, 0.1) is 0 Å². The van der Waals surface area contributed by atoms with Gasteiger partial charge in [-0.1, -0.05) is 6.92 Å². The predicted octanol–water partition coefficient (Wildman–Crippen LogP) is 2.53. The molecule has 0 bridgehead atoms. The molecule has 0 saturated carbocycles. The zero-order chi connectivity index (χ0) is 19.6. The molecule has 1 aromatic heterocycles. The van der Waals surface area contributed by atoms with Crippen LogP contribution in [0.2, 0.25) is 0 Å². The third-order valence-corrected chi connectivity index (χ3v) is 5.52. The summed E-state index contributed by atoms with van der Waals surface area (Å²) in [5, 5.41) is 18.4. The van der Waals surface area contributed by atoms with E-state index in [0.717, 1.165) is 0 Å². The summed E-state index contributed by atoms with van der Waals surface area (Å²) in [4.78, 5) is 24.5. The van der Waals surface area contributed by atoms with Gasteiger partial charge >= 0.3 is 5.97 Å². The van der Waals surface area contributed by atoms with Crippen molar-refractivity contribution in [3.05, 3.63) is 46.1 Å². The molecule has 1 heterocycles. The first kappa shape index (κ1) is 19.2. The Balaban J connectivity index is 2.32. The van der Waals surface area contributed by atoms with Crippen molar-refractivity contribution in [2.75, 3.05) is 19.0 Å². The lowest BCUT2D eigenvalue weighted by Crippen LogP contribution is -2.11. The minimum atomic E-state index is -1.41. The first-order valence-corrected chi connectivity index (χ1v) is 9.68. The number of hydrogen-bond donors (Lipinski definition) is 2. The summed E-state index contributed by atoms with van der Waals surface area (Å²) < 4.78 is 23.9. The van der Waals surface area contributed by atoms with Crippen LogP contribution in [0.1, 0.15) is 23.7 Å². The number of aliphatic hydroxyl groups excluding tert-OH is 1. The second-order valence-electron chi connectivity index (χ2n) is 5.87. The molecule has 2 N–H and O–H groups in total. The topological polar surface area (TPSA) is 120 Å². The van der Waals surface area contributed by atoms with E-state index in [0.29, 0.717) is 17.1 Å². The molecule has 0 spiro atoms. The Labute approximate surface area is 157 Å². The number of fused-ring (bicyclic) bond motifs is 2. The fourth-order valence-corrected chi connectivity index (χ4v) is 3.94. The molecule has 8 heteroatoms. The Morgan fingerprint density at radius 1 is 1.26 bits per heavy atom. The molecule has 3 aromatic rings. The van der Waals surface area contributed by atoms with Crippen LogP contribution in [-0.4, -0.2) is 39.7 Å². The highest BCUT2D eigenvalue weighted by Gasteiger charge is 2.22. The molecule has 0 aliphatic heterocycles. The summed E-state index contributed by atoms with van der Waals surface area (Å²) in [6.07, 6.45) is 0.676. The molecular weight excluding hydrogens is 372 g/mol. The molecule has 1 atom stereocenters. The Hall–Kier alpha value is -2.55. The smallest absolute Gasteiger partial charge is 0.335 e. The maximum absolute atomic E-state index is 13.0. The van der Waals surface area contributed by atoms with Crippen LogP contribution < -0.4 is 10.2 Å². The van der Waals surface area contributed by atoms with Gasteiger partial charge in [0.15, 0.2) is 10.5 Å². The number of aliphatic hydroxyl groups is 1. The van der Waals surface area contributed by atoms with Gasteiger partial charge in [-0.2, -0.15) is 0 Å². The maximum atomic E-state index is 13.0. The fraction of sp³-hybridized carbons (Fsp3) is 0.263. The summed E-state index contributed by atoms with van der Waals surface area (Å²) >= 11 is -1.41. The lowest BCUT2D eigenvalue weighted by Gasteiger charge is -2.14. The molecule has 1 unspecified atom stereocenters. The van der Waals surface area contributed by atoms with Gasteiger partial charge in [-0.15, -0.1) is 0 Å². The molecule has 0 aliphatic carbocycles. The zero-order valence-electron chi connectivity index (χ0n) is 14.6. The van der Waals surface area contributed by atoms with Crippen molar-refractivity contribution in [2.45, 2.75) is 18.2 Å². The van der Waals surface area contributed by atoms with Crippen LogP contribution in [0.3, 0.4) is 0 Å². The Morgan fingerprint density at radius 3 is 2.70 bits per heavy atom. The van der Waals surface area contributed by atoms with Crippen molar-refractivity contribution >= 4 is 39.1 Å². The summed E-state index contributed by atoms with van der Waals surface area (Å²) in [6.45, 7) is 1.71. The molecule has 0 amide bonds. The molecule has 0 aliphatic rings. The van der Waals surface area contributed by atoms with E-state index in [-0.39, 0.29) is 46.5 Å². The van der Waals surface area contributed by atoms with Gasteiger partial charge in [0.2, 0.25) is 5.43 Å². The molecule has 2 aromatic carbocycles. The highest BCUT2D eigenvalue weighted by molar-refractivity contribution is 7.91. The number of carboxylic acid groups (broad SMARTS) is 1. The van der Waals surface area contributed by atoms with Crippen molar-refractivity contribution in [3.8, 4) is 5.75 Å². The second-order valence-corrected chi connectivity index (χ2v) is 7.41. The van der Waals surface area contributed by atoms with Gasteiger partial charge in [-0.3, -0.25) is 4.79 Å². The van der Waals surface area contributed by atoms with E-state index in [4.69, 9.17) is 19.4 Å². The van der Waals surface area contributed by atoms with E-state index < -0.39 is 22.6 Å². The molecule has 0 saturated heterocycles. The van der Waals surface area contributed by atoms with Gasteiger partial charge in [-0.05, 0) is 41.9 Å². The maximum Gasteiger partial charge on any atom is 0.335 e. The number of rotatable bonds is 7. The average Bonchev–Trinajstić information content (AvgIpc) is 2.66. The average molecular weight is 390 g/mol. The molecule has 27 heavy (non-hydrogen) atoms. The summed E-state index contributed by atoms with van der Waals surface area (Å²) in [7, 11) is 0. The Kier molecular flexibility index (Phi) is 5.69. The third kappa shape index (κ3) is 3.78. The summed E-state index contributed by atoms with van der Waals surface area (Å²) in [5.74, 6) is -0.476. The van der Waals surface area contributed by atoms with E-state index in [1.807, 2.05) is 6.92 Å². The van der Waals surface area contributed by atoms with Crippen LogP contribution in [0.4, 0.5) is 0 Å². The predicted molar refractivity (Wildman–Crippen MR) is 101 cm³/mol. The number of carboxylic acids is 1. The van der Waals surface area contributed by atoms with Crippen LogP contribution in [0.25, 0.3) is 21.9 Å². The van der Waals surface area contributed by atoms with Crippen molar-refractivity contribution < 1.29 is 28.7 Å². The lowest BCUT2D eigenvalue weighted by atomic mass is 10.1. The van der Waals surface area contributed by atoms with Gasteiger partial charge in [0, 0.05) is 6.07 Å². The van der Waals surface area contributed by atoms with Gasteiger partial charge in [0.1, 0.15) is 23.7 Å². The van der Waals surface area contributed by atoms with Gasteiger partial charge in [-0.25, -0.2) is 4.79 Å². The van der Waals surface area contributed by atoms with E-state index >= 15 is 0 Å². The largest absolute Gasteiger partial charge is 0.611 e. The summed E-state index contributed by atoms with van der Waals surface area (Å²) in [6, 6.07) is 7.02. The number of ether oxygens (including phenoxy) is 1. The molecule has 0 fully saturated rings. The minimum absolute atomic E-state index is 0.0213. The van der Waals surface area contributed by atoms with Gasteiger partial charge < -0.3 is 23.9 Å². The van der Waals surface area contributed by atoms with Gasteiger partial charge in [0.05, 0.1) is 22.9 Å². The van der Waals surface area contributed by atoms with Crippen LogP contribution >= 0.6 is 0 Å². The Bertz CT molecular complexity index is 1060. The quantitative estimate of drug-likeness (QED) is 0.470. The van der Waals surface area contributed by atoms with Crippen molar-refractivity contribution in [1.82, 2.24) is 0 Å². The third-order valence-electron chi connectivity index (χ3n) is 3.95.